The van der Waals surface area contributed by atoms with Gasteiger partial charge in [-0.15, -0.1) is 0 Å². The van der Waals surface area contributed by atoms with E-state index in [-0.39, 0.29) is 0 Å². The van der Waals surface area contributed by atoms with Crippen LogP contribution in [0, 0.1) is 0 Å². The molecule has 0 aliphatic heterocycles. The Kier molecular flexibility index (Phi) is 4.89. The Balaban J connectivity index is 2.71. The maximum Gasteiger partial charge on any atom is 0.0209 e. The van der Waals surface area contributed by atoms with Crippen LogP contribution in [0.1, 0.15) is 24.5 Å². The minimum Gasteiger partial charge on any atom is -0.179 e. The van der Waals surface area contributed by atoms with Gasteiger partial charge in [-0.05, 0) is 42.2 Å². The van der Waals surface area contributed by atoms with Gasteiger partial charge in [0.2, 0.25) is 0 Å². The maximum atomic E-state index is 4.20. The van der Waals surface area contributed by atoms with Crippen molar-refractivity contribution in [2.75, 3.05) is 5.75 Å². The summed E-state index contributed by atoms with van der Waals surface area (Å²) in [6.45, 7) is 2.17. The fourth-order valence-corrected chi connectivity index (χ4v) is 2.18. The van der Waals surface area contributed by atoms with E-state index >= 15 is 0 Å². The highest BCUT2D eigenvalue weighted by molar-refractivity contribution is 9.10. The summed E-state index contributed by atoms with van der Waals surface area (Å²) in [4.78, 5) is 0. The molecule has 0 bridgehead atoms. The Hall–Kier alpha value is 0.0500. The van der Waals surface area contributed by atoms with Gasteiger partial charge in [0.15, 0.2) is 0 Å². The van der Waals surface area contributed by atoms with Crippen molar-refractivity contribution in [2.24, 2.45) is 0 Å². The lowest BCUT2D eigenvalue weighted by atomic mass is 10.1. The van der Waals surface area contributed by atoms with Crippen LogP contribution in [0.4, 0.5) is 0 Å². The summed E-state index contributed by atoms with van der Waals surface area (Å²) in [6.07, 6.45) is 3.38. The average Bonchev–Trinajstić information content (AvgIpc) is 2.15. The maximum absolute atomic E-state index is 4.20. The molecule has 0 N–H and O–H groups in total. The smallest absolute Gasteiger partial charge is 0.0209 e. The van der Waals surface area contributed by atoms with Crippen molar-refractivity contribution in [1.29, 1.82) is 0 Å². The molecule has 0 amide bonds. The van der Waals surface area contributed by atoms with Crippen molar-refractivity contribution >= 4 is 28.6 Å². The number of halogens is 1. The highest BCUT2D eigenvalue weighted by atomic mass is 79.9. The number of rotatable bonds is 4. The summed E-state index contributed by atoms with van der Waals surface area (Å²) in [7, 11) is 0. The van der Waals surface area contributed by atoms with Crippen molar-refractivity contribution in [3.63, 3.8) is 0 Å². The molecule has 0 nitrogen and oxygen atoms in total. The largest absolute Gasteiger partial charge is 0.179 e. The van der Waals surface area contributed by atoms with Gasteiger partial charge in [0.25, 0.3) is 0 Å². The van der Waals surface area contributed by atoms with Crippen molar-refractivity contribution in [1.82, 2.24) is 0 Å². The predicted octanol–water partition coefficient (Wildman–Crippen LogP) is 3.87. The topological polar surface area (TPSA) is 0 Å². The molecule has 72 valence electrons. The minimum atomic E-state index is 0.965. The van der Waals surface area contributed by atoms with Gasteiger partial charge in [0.1, 0.15) is 0 Å². The minimum absolute atomic E-state index is 0.965. The van der Waals surface area contributed by atoms with Crippen LogP contribution in [0.3, 0.4) is 0 Å². The number of hydrogen-bond donors (Lipinski definition) is 1. The van der Waals surface area contributed by atoms with Crippen LogP contribution in [0.25, 0.3) is 0 Å². The zero-order valence-electron chi connectivity index (χ0n) is 7.89. The second kappa shape index (κ2) is 5.71. The number of hydrogen-bond acceptors (Lipinski definition) is 1. The zero-order valence-corrected chi connectivity index (χ0v) is 10.4. The van der Waals surface area contributed by atoms with Crippen molar-refractivity contribution in [2.45, 2.75) is 26.2 Å². The van der Waals surface area contributed by atoms with Gasteiger partial charge >= 0.3 is 0 Å². The Morgan fingerprint density at radius 2 is 2.15 bits per heavy atom. The van der Waals surface area contributed by atoms with E-state index in [0.717, 1.165) is 25.0 Å². The molecule has 13 heavy (non-hydrogen) atoms. The molecule has 0 unspecified atom stereocenters. The molecule has 0 saturated heterocycles. The zero-order chi connectivity index (χ0) is 9.68. The SMILES string of the molecule is CCc1ccc(CCCS)cc1Br. The van der Waals surface area contributed by atoms with Gasteiger partial charge in [-0.2, -0.15) is 12.6 Å². The van der Waals surface area contributed by atoms with Crippen LogP contribution < -0.4 is 0 Å². The fourth-order valence-electron chi connectivity index (χ4n) is 1.32. The molecular formula is C11H15BrS. The van der Waals surface area contributed by atoms with Crippen molar-refractivity contribution in [3.05, 3.63) is 33.8 Å². The molecule has 0 radical (unpaired) electrons. The van der Waals surface area contributed by atoms with E-state index in [2.05, 4.69) is 53.7 Å². The van der Waals surface area contributed by atoms with E-state index in [1.165, 1.54) is 15.6 Å². The average molecular weight is 259 g/mol. The summed E-state index contributed by atoms with van der Waals surface area (Å²) in [5.41, 5.74) is 2.78. The lowest BCUT2D eigenvalue weighted by Crippen LogP contribution is -1.89. The first kappa shape index (κ1) is 11.1. The van der Waals surface area contributed by atoms with E-state index in [9.17, 15) is 0 Å². The summed E-state index contributed by atoms with van der Waals surface area (Å²) in [5, 5.41) is 0. The van der Waals surface area contributed by atoms with Gasteiger partial charge in [-0.1, -0.05) is 35.0 Å². The molecule has 2 heteroatoms. The molecule has 0 aliphatic carbocycles. The van der Waals surface area contributed by atoms with Gasteiger partial charge in [-0.25, -0.2) is 0 Å². The highest BCUT2D eigenvalue weighted by Crippen LogP contribution is 2.19. The van der Waals surface area contributed by atoms with E-state index < -0.39 is 0 Å². The van der Waals surface area contributed by atoms with E-state index in [4.69, 9.17) is 0 Å². The third kappa shape index (κ3) is 3.35. The highest BCUT2D eigenvalue weighted by Gasteiger charge is 1.98. The molecule has 0 aromatic heterocycles. The Labute approximate surface area is 94.3 Å². The Morgan fingerprint density at radius 3 is 2.69 bits per heavy atom. The first-order valence-corrected chi connectivity index (χ1v) is 6.08. The van der Waals surface area contributed by atoms with Crippen LogP contribution in [-0.4, -0.2) is 5.75 Å². The second-order valence-corrected chi connectivity index (χ2v) is 4.41. The molecule has 0 aliphatic rings. The van der Waals surface area contributed by atoms with E-state index in [0.29, 0.717) is 0 Å². The van der Waals surface area contributed by atoms with Gasteiger partial charge in [0, 0.05) is 4.47 Å². The van der Waals surface area contributed by atoms with E-state index in [1.54, 1.807) is 0 Å². The number of aryl methyl sites for hydroxylation is 2. The first-order chi connectivity index (χ1) is 6.27. The summed E-state index contributed by atoms with van der Waals surface area (Å²) in [5.74, 6) is 0.965. The third-order valence-corrected chi connectivity index (χ3v) is 3.18. The van der Waals surface area contributed by atoms with Gasteiger partial charge in [0.05, 0.1) is 0 Å². The quantitative estimate of drug-likeness (QED) is 0.779. The number of benzene rings is 1. The number of thiol groups is 1. The summed E-state index contributed by atoms with van der Waals surface area (Å²) in [6, 6.07) is 6.65. The molecule has 0 spiro atoms. The first-order valence-electron chi connectivity index (χ1n) is 4.66. The predicted molar refractivity (Wildman–Crippen MR) is 65.7 cm³/mol. The lowest BCUT2D eigenvalue weighted by Gasteiger charge is -2.04. The lowest BCUT2D eigenvalue weighted by molar-refractivity contribution is 0.932. The van der Waals surface area contributed by atoms with Crippen LogP contribution in [0.5, 0.6) is 0 Å². The van der Waals surface area contributed by atoms with Crippen molar-refractivity contribution in [3.8, 4) is 0 Å². The molecule has 1 rings (SSSR count). The van der Waals surface area contributed by atoms with Crippen LogP contribution in [0.2, 0.25) is 0 Å². The monoisotopic (exact) mass is 258 g/mol. The summed E-state index contributed by atoms with van der Waals surface area (Å²) >= 11 is 7.78. The molecule has 1 aromatic carbocycles. The second-order valence-electron chi connectivity index (χ2n) is 3.11. The molecular weight excluding hydrogens is 244 g/mol. The third-order valence-electron chi connectivity index (χ3n) is 2.12. The fraction of sp³-hybridized carbons (Fsp3) is 0.455. The Morgan fingerprint density at radius 1 is 1.38 bits per heavy atom. The molecule has 0 atom stereocenters. The standard InChI is InChI=1S/C11H15BrS/c1-2-10-6-5-9(4-3-7-13)8-11(10)12/h5-6,8,13H,2-4,7H2,1H3. The van der Waals surface area contributed by atoms with Gasteiger partial charge < -0.3 is 0 Å². The van der Waals surface area contributed by atoms with Crippen molar-refractivity contribution < 1.29 is 0 Å². The molecule has 0 saturated carbocycles. The van der Waals surface area contributed by atoms with Crippen LogP contribution in [-0.2, 0) is 12.8 Å². The van der Waals surface area contributed by atoms with Crippen LogP contribution in [0.15, 0.2) is 22.7 Å². The van der Waals surface area contributed by atoms with Crippen LogP contribution >= 0.6 is 28.6 Å². The van der Waals surface area contributed by atoms with Gasteiger partial charge in [-0.3, -0.25) is 0 Å². The van der Waals surface area contributed by atoms with E-state index in [1.807, 2.05) is 0 Å². The molecule has 0 heterocycles. The molecule has 0 fully saturated rings. The normalized spacial score (nSPS) is 10.4. The summed E-state index contributed by atoms with van der Waals surface area (Å²) < 4.78 is 1.24. The molecule has 1 aromatic rings. The Bertz CT molecular complexity index is 271.